The number of aromatic nitrogens is 4. The summed E-state index contributed by atoms with van der Waals surface area (Å²) < 4.78 is 1.80. The lowest BCUT2D eigenvalue weighted by Gasteiger charge is -2.42. The van der Waals surface area contributed by atoms with Crippen LogP contribution in [0.4, 0.5) is 5.69 Å². The van der Waals surface area contributed by atoms with E-state index in [1.165, 1.54) is 0 Å². The fraction of sp³-hybridized carbons (Fsp3) is 0.176. The Morgan fingerprint density at radius 3 is 2.65 bits per heavy atom. The Morgan fingerprint density at radius 2 is 1.78 bits per heavy atom. The molecule has 0 radical (unpaired) electrons. The quantitative estimate of drug-likeness (QED) is 0.691. The molecule has 0 spiro atoms. The molecular weight excluding hydrogens is 290 g/mol. The zero-order valence-corrected chi connectivity index (χ0v) is 12.3. The Morgan fingerprint density at radius 1 is 1.00 bits per heavy atom. The van der Waals surface area contributed by atoms with Crippen LogP contribution >= 0.6 is 0 Å². The summed E-state index contributed by atoms with van der Waals surface area (Å²) in [6, 6.07) is 17.8. The minimum absolute atomic E-state index is 0.0995. The van der Waals surface area contributed by atoms with E-state index in [-0.39, 0.29) is 5.91 Å². The summed E-state index contributed by atoms with van der Waals surface area (Å²) >= 11 is 0. The van der Waals surface area contributed by atoms with Gasteiger partial charge in [-0.05, 0) is 22.6 Å². The summed E-state index contributed by atoms with van der Waals surface area (Å²) in [6.07, 6.45) is 1.13. The molecule has 0 saturated carbocycles. The average molecular weight is 303 g/mol. The number of fused-ring (bicyclic) bond motifs is 6. The van der Waals surface area contributed by atoms with Crippen molar-refractivity contribution >= 4 is 11.6 Å². The molecule has 3 aromatic rings. The summed E-state index contributed by atoms with van der Waals surface area (Å²) in [7, 11) is 0. The number of rotatable bonds is 1. The van der Waals surface area contributed by atoms with Gasteiger partial charge in [0.2, 0.25) is 5.91 Å². The predicted octanol–water partition coefficient (Wildman–Crippen LogP) is 2.18. The van der Waals surface area contributed by atoms with Crippen molar-refractivity contribution in [2.45, 2.75) is 18.5 Å². The number of amides is 1. The monoisotopic (exact) mass is 303 g/mol. The molecule has 0 aliphatic carbocycles. The second kappa shape index (κ2) is 4.25. The first kappa shape index (κ1) is 12.5. The number of benzene rings is 2. The van der Waals surface area contributed by atoms with Crippen molar-refractivity contribution in [2.75, 3.05) is 4.90 Å². The van der Waals surface area contributed by atoms with Crippen molar-refractivity contribution in [1.29, 1.82) is 0 Å². The minimum Gasteiger partial charge on any atom is -0.282 e. The second-order valence-corrected chi connectivity index (χ2v) is 5.84. The average Bonchev–Trinajstić information content (AvgIpc) is 3.22. The van der Waals surface area contributed by atoms with E-state index >= 15 is 0 Å². The number of anilines is 1. The van der Waals surface area contributed by atoms with Crippen molar-refractivity contribution in [1.82, 2.24) is 20.2 Å². The maximum Gasteiger partial charge on any atom is 0.229 e. The SMILES string of the molecule is O=C1CCC2(c3ccccc3)N1c1ccccc1-c1nnnn12. The van der Waals surface area contributed by atoms with Gasteiger partial charge in [0.05, 0.1) is 5.69 Å². The zero-order valence-electron chi connectivity index (χ0n) is 12.3. The molecule has 3 heterocycles. The molecule has 1 unspecified atom stereocenters. The third-order valence-corrected chi connectivity index (χ3v) is 4.75. The highest BCUT2D eigenvalue weighted by molar-refractivity contribution is 6.02. The maximum absolute atomic E-state index is 12.7. The van der Waals surface area contributed by atoms with Crippen LogP contribution in [0, 0.1) is 0 Å². The van der Waals surface area contributed by atoms with Crippen LogP contribution < -0.4 is 4.90 Å². The standard InChI is InChI=1S/C17H13N5O/c23-15-10-11-17(12-6-2-1-3-7-12)21(15)14-9-5-4-8-13(14)16-18-19-20-22(16)17/h1-9H,10-11H2. The van der Waals surface area contributed by atoms with Crippen LogP contribution in [0.15, 0.2) is 54.6 Å². The predicted molar refractivity (Wildman–Crippen MR) is 83.5 cm³/mol. The van der Waals surface area contributed by atoms with E-state index in [0.29, 0.717) is 18.7 Å². The Bertz CT molecular complexity index is 919. The van der Waals surface area contributed by atoms with Crippen LogP contribution in [0.25, 0.3) is 11.4 Å². The molecule has 0 bridgehead atoms. The lowest BCUT2D eigenvalue weighted by Crippen LogP contribution is -2.52. The molecule has 0 N–H and O–H groups in total. The van der Waals surface area contributed by atoms with Crippen LogP contribution in [-0.4, -0.2) is 26.1 Å². The van der Waals surface area contributed by atoms with Crippen molar-refractivity contribution in [3.8, 4) is 11.4 Å². The zero-order chi connectivity index (χ0) is 15.4. The molecule has 1 amide bonds. The molecule has 6 heteroatoms. The van der Waals surface area contributed by atoms with Crippen LogP contribution in [0.1, 0.15) is 18.4 Å². The molecule has 1 saturated heterocycles. The van der Waals surface area contributed by atoms with E-state index < -0.39 is 5.66 Å². The first-order chi connectivity index (χ1) is 11.3. The van der Waals surface area contributed by atoms with E-state index in [9.17, 15) is 4.79 Å². The van der Waals surface area contributed by atoms with Gasteiger partial charge in [-0.3, -0.25) is 9.69 Å². The number of carbonyl (C=O) groups is 1. The van der Waals surface area contributed by atoms with Gasteiger partial charge in [0.15, 0.2) is 11.5 Å². The molecule has 2 aliphatic rings. The molecule has 6 nitrogen and oxygen atoms in total. The van der Waals surface area contributed by atoms with E-state index in [0.717, 1.165) is 16.8 Å². The molecule has 1 fully saturated rings. The van der Waals surface area contributed by atoms with Crippen LogP contribution in [-0.2, 0) is 10.5 Å². The van der Waals surface area contributed by atoms with E-state index in [1.54, 1.807) is 4.68 Å². The molecule has 2 aliphatic heterocycles. The largest absolute Gasteiger partial charge is 0.282 e. The van der Waals surface area contributed by atoms with Crippen LogP contribution in [0.5, 0.6) is 0 Å². The molecule has 1 aromatic heterocycles. The lowest BCUT2D eigenvalue weighted by atomic mass is 9.92. The Hall–Kier alpha value is -3.02. The van der Waals surface area contributed by atoms with Gasteiger partial charge in [-0.2, -0.15) is 4.68 Å². The number of hydrogen-bond donors (Lipinski definition) is 0. The molecule has 1 atom stereocenters. The van der Waals surface area contributed by atoms with Crippen molar-refractivity contribution in [3.05, 3.63) is 60.2 Å². The van der Waals surface area contributed by atoms with Gasteiger partial charge in [-0.25, -0.2) is 0 Å². The number of hydrogen-bond acceptors (Lipinski definition) is 4. The number of para-hydroxylation sites is 1. The first-order valence-corrected chi connectivity index (χ1v) is 7.59. The Kier molecular flexibility index (Phi) is 2.31. The molecular formula is C17H13N5O. The highest BCUT2D eigenvalue weighted by atomic mass is 16.2. The summed E-state index contributed by atoms with van der Waals surface area (Å²) in [5, 5.41) is 12.3. The van der Waals surface area contributed by atoms with Crippen LogP contribution in [0.3, 0.4) is 0 Å². The van der Waals surface area contributed by atoms with Crippen molar-refractivity contribution in [2.24, 2.45) is 0 Å². The topological polar surface area (TPSA) is 63.9 Å². The van der Waals surface area contributed by atoms with Gasteiger partial charge in [0.25, 0.3) is 0 Å². The van der Waals surface area contributed by atoms with Gasteiger partial charge in [-0.15, -0.1) is 5.10 Å². The minimum atomic E-state index is -0.675. The maximum atomic E-state index is 12.7. The van der Waals surface area contributed by atoms with E-state index in [2.05, 4.69) is 15.5 Å². The number of carbonyl (C=O) groups excluding carboxylic acids is 1. The van der Waals surface area contributed by atoms with Gasteiger partial charge in [0, 0.05) is 24.0 Å². The third kappa shape index (κ3) is 1.42. The van der Waals surface area contributed by atoms with Gasteiger partial charge >= 0.3 is 0 Å². The second-order valence-electron chi connectivity index (χ2n) is 5.84. The van der Waals surface area contributed by atoms with Crippen molar-refractivity contribution in [3.63, 3.8) is 0 Å². The number of nitrogens with zero attached hydrogens (tertiary/aromatic N) is 5. The highest BCUT2D eigenvalue weighted by Crippen LogP contribution is 2.50. The fourth-order valence-electron chi connectivity index (χ4n) is 3.81. The van der Waals surface area contributed by atoms with Crippen molar-refractivity contribution < 1.29 is 4.79 Å². The molecule has 112 valence electrons. The fourth-order valence-corrected chi connectivity index (χ4v) is 3.81. The summed E-state index contributed by atoms with van der Waals surface area (Å²) in [6.45, 7) is 0. The molecule has 23 heavy (non-hydrogen) atoms. The summed E-state index contributed by atoms with van der Waals surface area (Å²) in [4.78, 5) is 14.6. The first-order valence-electron chi connectivity index (χ1n) is 7.59. The number of tetrazole rings is 1. The van der Waals surface area contributed by atoms with E-state index in [4.69, 9.17) is 0 Å². The van der Waals surface area contributed by atoms with E-state index in [1.807, 2.05) is 59.5 Å². The molecule has 2 aromatic carbocycles. The summed E-state index contributed by atoms with van der Waals surface area (Å²) in [5.74, 6) is 0.804. The summed E-state index contributed by atoms with van der Waals surface area (Å²) in [5.41, 5.74) is 2.11. The van der Waals surface area contributed by atoms with Gasteiger partial charge < -0.3 is 0 Å². The normalized spacial score (nSPS) is 21.7. The molecule has 5 rings (SSSR count). The van der Waals surface area contributed by atoms with Crippen LogP contribution in [0.2, 0.25) is 0 Å². The Balaban J connectivity index is 1.90. The smallest absolute Gasteiger partial charge is 0.229 e. The van der Waals surface area contributed by atoms with Gasteiger partial charge in [0.1, 0.15) is 0 Å². The highest BCUT2D eigenvalue weighted by Gasteiger charge is 2.54. The Labute approximate surface area is 132 Å². The third-order valence-electron chi connectivity index (χ3n) is 4.75. The van der Waals surface area contributed by atoms with Gasteiger partial charge in [-0.1, -0.05) is 42.5 Å². The lowest BCUT2D eigenvalue weighted by molar-refractivity contribution is -0.117.